The van der Waals surface area contributed by atoms with E-state index in [4.69, 9.17) is 0 Å². The van der Waals surface area contributed by atoms with E-state index in [9.17, 15) is 76.4 Å². The molecule has 0 spiro atoms. The van der Waals surface area contributed by atoms with E-state index in [1.807, 2.05) is 6.07 Å². The number of fused-ring (bicyclic) bond motifs is 6. The highest BCUT2D eigenvalue weighted by Gasteiger charge is 2.37. The first kappa shape index (κ1) is 45.2. The zero-order valence-electron chi connectivity index (χ0n) is 33.6. The number of benzene rings is 7. The fraction of sp³-hybridized carbons (Fsp3) is 0.102. The van der Waals surface area contributed by atoms with Crippen LogP contribution in [0.3, 0.4) is 0 Å². The smallest absolute Gasteiger partial charge is 0.309 e. The van der Waals surface area contributed by atoms with Gasteiger partial charge in [0, 0.05) is 32.7 Å². The molecular weight excluding hydrogens is 930 g/mol. The normalized spacial score (nSPS) is 12.9. The Morgan fingerprint density at radius 1 is 0.338 bits per heavy atom. The third-order valence-electron chi connectivity index (χ3n) is 11.5. The number of hydrogen-bond donors (Lipinski definition) is 0. The Morgan fingerprint density at radius 2 is 0.706 bits per heavy atom. The molecule has 342 valence electrons. The summed E-state index contributed by atoms with van der Waals surface area (Å²) in [5.74, 6) is 0. The van der Waals surface area contributed by atoms with Gasteiger partial charge in [-0.05, 0) is 120 Å². The predicted octanol–water partition coefficient (Wildman–Crippen LogP) is 16.1. The summed E-state index contributed by atoms with van der Waals surface area (Å²) >= 11 is 0. The molecule has 0 amide bonds. The van der Waals surface area contributed by atoms with Crippen molar-refractivity contribution in [3.05, 3.63) is 166 Å². The van der Waals surface area contributed by atoms with E-state index in [0.717, 1.165) is 30.3 Å². The number of nitriles is 2. The highest BCUT2D eigenvalue weighted by atomic mass is 19.4. The molecule has 0 saturated heterocycles. The van der Waals surface area contributed by atoms with Gasteiger partial charge in [0.15, 0.2) is 0 Å². The number of aromatic nitrogens is 2. The summed E-state index contributed by atoms with van der Waals surface area (Å²) < 4.78 is 214. The molecule has 0 radical (unpaired) electrons. The Kier molecular flexibility index (Phi) is 10.2. The number of rotatable bonds is 4. The molecule has 9 rings (SSSR count). The van der Waals surface area contributed by atoms with E-state index in [-0.39, 0.29) is 82.8 Å². The van der Waals surface area contributed by atoms with Crippen molar-refractivity contribution in [2.24, 2.45) is 0 Å². The topological polar surface area (TPSA) is 57.4 Å². The highest BCUT2D eigenvalue weighted by molar-refractivity contribution is 6.12. The third kappa shape index (κ3) is 7.57. The van der Waals surface area contributed by atoms with Crippen LogP contribution in [0.15, 0.2) is 127 Å². The van der Waals surface area contributed by atoms with Gasteiger partial charge in [0.1, 0.15) is 0 Å². The van der Waals surface area contributed by atoms with Gasteiger partial charge in [-0.25, -0.2) is 0 Å². The molecular formula is C49H21F15N4. The lowest BCUT2D eigenvalue weighted by Crippen LogP contribution is -2.06. The molecule has 0 fully saturated rings. The molecule has 4 nitrogen and oxygen atoms in total. The van der Waals surface area contributed by atoms with Gasteiger partial charge in [-0.2, -0.15) is 76.4 Å². The van der Waals surface area contributed by atoms with Crippen LogP contribution < -0.4 is 0 Å². The first-order chi connectivity index (χ1) is 31.8. The van der Waals surface area contributed by atoms with Crippen LogP contribution in [-0.2, 0) is 30.9 Å². The van der Waals surface area contributed by atoms with Gasteiger partial charge < -0.3 is 9.13 Å². The minimum absolute atomic E-state index is 0.000870. The van der Waals surface area contributed by atoms with Crippen molar-refractivity contribution in [2.45, 2.75) is 30.9 Å². The number of hydrogen-bond acceptors (Lipinski definition) is 2. The van der Waals surface area contributed by atoms with Crippen molar-refractivity contribution in [2.75, 3.05) is 0 Å². The van der Waals surface area contributed by atoms with Crippen molar-refractivity contribution in [3.8, 4) is 45.8 Å². The van der Waals surface area contributed by atoms with Crippen molar-refractivity contribution in [3.63, 3.8) is 0 Å². The maximum Gasteiger partial charge on any atom is 0.416 e. The zero-order chi connectivity index (χ0) is 49.0. The van der Waals surface area contributed by atoms with Crippen molar-refractivity contribution in [1.29, 1.82) is 10.5 Å². The largest absolute Gasteiger partial charge is 0.416 e. The summed E-state index contributed by atoms with van der Waals surface area (Å²) in [6.45, 7) is 0. The van der Waals surface area contributed by atoms with Crippen LogP contribution in [0.2, 0.25) is 0 Å². The van der Waals surface area contributed by atoms with Crippen LogP contribution in [0.1, 0.15) is 38.9 Å². The van der Waals surface area contributed by atoms with Gasteiger partial charge in [-0.15, -0.1) is 0 Å². The van der Waals surface area contributed by atoms with Crippen LogP contribution >= 0.6 is 0 Å². The summed E-state index contributed by atoms with van der Waals surface area (Å²) in [6, 6.07) is 23.1. The van der Waals surface area contributed by atoms with E-state index in [2.05, 4.69) is 0 Å². The molecule has 19 heteroatoms. The number of halogens is 15. The van der Waals surface area contributed by atoms with E-state index in [1.165, 1.54) is 45.5 Å². The molecule has 0 aliphatic rings. The first-order valence-electron chi connectivity index (χ1n) is 19.5. The lowest BCUT2D eigenvalue weighted by atomic mass is 9.91. The highest BCUT2D eigenvalue weighted by Crippen LogP contribution is 2.47. The van der Waals surface area contributed by atoms with Crippen LogP contribution in [-0.4, -0.2) is 9.13 Å². The van der Waals surface area contributed by atoms with Crippen LogP contribution in [0.25, 0.3) is 77.2 Å². The van der Waals surface area contributed by atoms with Gasteiger partial charge in [0.05, 0.1) is 84.5 Å². The van der Waals surface area contributed by atoms with Crippen molar-refractivity contribution in [1.82, 2.24) is 9.13 Å². The maximum atomic E-state index is 14.2. The van der Waals surface area contributed by atoms with Gasteiger partial charge in [0.2, 0.25) is 0 Å². The summed E-state index contributed by atoms with van der Waals surface area (Å²) in [5, 5.41) is 19.6. The molecule has 9 aromatic rings. The van der Waals surface area contributed by atoms with E-state index < -0.39 is 64.3 Å². The van der Waals surface area contributed by atoms with E-state index in [0.29, 0.717) is 60.7 Å². The quantitative estimate of drug-likeness (QED) is 0.165. The monoisotopic (exact) mass is 950 g/mol. The maximum absolute atomic E-state index is 14.2. The molecule has 0 aliphatic heterocycles. The molecule has 7 aromatic carbocycles. The Balaban J connectivity index is 1.44. The SMILES string of the molecule is N#Cc1cc(C(F)(F)F)ccc1-c1ccc(-n2c3ccc(C(F)(F)F)cc3c3cc(C(F)(F)F)ccc32)c(-c2c(C#N)cccc2-n2c3ccc(C(F)(F)F)cc3c3cc(C(F)(F)F)ccc32)c1. The van der Waals surface area contributed by atoms with E-state index >= 15 is 0 Å². The average molecular weight is 951 g/mol. The van der Waals surface area contributed by atoms with E-state index in [1.54, 1.807) is 6.07 Å². The molecule has 68 heavy (non-hydrogen) atoms. The van der Waals surface area contributed by atoms with Gasteiger partial charge in [-0.1, -0.05) is 18.2 Å². The molecule has 0 atom stereocenters. The number of alkyl halides is 15. The lowest BCUT2D eigenvalue weighted by Gasteiger charge is -2.21. The first-order valence-corrected chi connectivity index (χ1v) is 19.5. The average Bonchev–Trinajstić information content (AvgIpc) is 3.78. The molecule has 0 saturated carbocycles. The van der Waals surface area contributed by atoms with Gasteiger partial charge >= 0.3 is 30.9 Å². The molecule has 0 N–H and O–H groups in total. The van der Waals surface area contributed by atoms with Crippen molar-refractivity contribution < 1.29 is 65.9 Å². The summed E-state index contributed by atoms with van der Waals surface area (Å²) in [4.78, 5) is 0. The molecule has 0 aliphatic carbocycles. The predicted molar refractivity (Wildman–Crippen MR) is 220 cm³/mol. The Labute approximate surface area is 371 Å². The van der Waals surface area contributed by atoms with Gasteiger partial charge in [0.25, 0.3) is 0 Å². The second-order valence-corrected chi connectivity index (χ2v) is 15.5. The standard InChI is InChI=1S/C49H21F15N4/c50-45(51,52)27-5-10-32(26(16-27)23-66)24-4-11-42(67-38-12-6-28(46(53,54)55)18-33(38)34-19-29(47(56,57)58)7-13-39(34)67)37(17-24)44-25(22-65)2-1-3-43(44)68-40-14-8-30(48(59,60)61)20-35(40)36-21-31(49(62,63)64)9-15-41(36)68/h1-21H. The fourth-order valence-corrected chi connectivity index (χ4v) is 8.54. The fourth-order valence-electron chi connectivity index (χ4n) is 8.54. The minimum Gasteiger partial charge on any atom is -0.309 e. The second-order valence-electron chi connectivity index (χ2n) is 15.5. The molecule has 2 aromatic heterocycles. The van der Waals surface area contributed by atoms with Crippen LogP contribution in [0.4, 0.5) is 65.9 Å². The second kappa shape index (κ2) is 15.3. The molecule has 2 heterocycles. The number of nitrogens with zero attached hydrogens (tertiary/aromatic N) is 4. The Hall–Kier alpha value is -7.93. The Bertz CT molecular complexity index is 3500. The zero-order valence-corrected chi connectivity index (χ0v) is 33.6. The molecule has 0 unspecified atom stereocenters. The summed E-state index contributed by atoms with van der Waals surface area (Å²) in [6.07, 6.45) is -24.8. The Morgan fingerprint density at radius 3 is 1.09 bits per heavy atom. The van der Waals surface area contributed by atoms with Gasteiger partial charge in [-0.3, -0.25) is 0 Å². The van der Waals surface area contributed by atoms with Crippen molar-refractivity contribution >= 4 is 43.6 Å². The minimum atomic E-state index is -4.97. The third-order valence-corrected chi connectivity index (χ3v) is 11.5. The lowest BCUT2D eigenvalue weighted by molar-refractivity contribution is -0.138. The molecule has 0 bridgehead atoms. The summed E-state index contributed by atoms with van der Waals surface area (Å²) in [7, 11) is 0. The van der Waals surface area contributed by atoms with Crippen LogP contribution in [0.5, 0.6) is 0 Å². The van der Waals surface area contributed by atoms with Crippen LogP contribution in [0, 0.1) is 22.7 Å². The summed E-state index contributed by atoms with van der Waals surface area (Å²) in [5.41, 5.74) is -7.79.